The molecule has 0 aliphatic carbocycles. The fraction of sp³-hybridized carbons (Fsp3) is 0.154. The lowest BCUT2D eigenvalue weighted by atomic mass is 10.1. The Morgan fingerprint density at radius 1 is 1.39 bits per heavy atom. The normalized spacial score (nSPS) is 11.5. The standard InChI is InChI=1S/C13H12N4O/c14-9-12(11-5-2-1-3-6-11)16-13(18)10-17-8-4-7-15-17/h1-8,12H,10H2,(H,16,18). The van der Waals surface area contributed by atoms with E-state index < -0.39 is 6.04 Å². The highest BCUT2D eigenvalue weighted by Gasteiger charge is 2.13. The highest BCUT2D eigenvalue weighted by atomic mass is 16.2. The average molecular weight is 240 g/mol. The van der Waals surface area contributed by atoms with Gasteiger partial charge in [-0.2, -0.15) is 10.4 Å². The van der Waals surface area contributed by atoms with Crippen molar-refractivity contribution in [1.29, 1.82) is 5.26 Å². The molecule has 18 heavy (non-hydrogen) atoms. The largest absolute Gasteiger partial charge is 0.335 e. The predicted molar refractivity (Wildman–Crippen MR) is 65.2 cm³/mol. The lowest BCUT2D eigenvalue weighted by Crippen LogP contribution is -2.31. The van der Waals surface area contributed by atoms with Gasteiger partial charge in [-0.1, -0.05) is 30.3 Å². The number of amides is 1. The van der Waals surface area contributed by atoms with Crippen LogP contribution in [0, 0.1) is 11.3 Å². The van der Waals surface area contributed by atoms with Crippen LogP contribution >= 0.6 is 0 Å². The zero-order valence-electron chi connectivity index (χ0n) is 9.65. The summed E-state index contributed by atoms with van der Waals surface area (Å²) >= 11 is 0. The number of carbonyl (C=O) groups excluding carboxylic acids is 1. The molecule has 1 atom stereocenters. The fourth-order valence-corrected chi connectivity index (χ4v) is 1.58. The monoisotopic (exact) mass is 240 g/mol. The zero-order valence-corrected chi connectivity index (χ0v) is 9.65. The van der Waals surface area contributed by atoms with Crippen molar-refractivity contribution in [3.05, 3.63) is 54.4 Å². The molecule has 5 nitrogen and oxygen atoms in total. The number of nitrogens with one attached hydrogen (secondary N) is 1. The number of benzene rings is 1. The maximum Gasteiger partial charge on any atom is 0.243 e. The molecule has 2 aromatic rings. The molecule has 0 aliphatic rings. The van der Waals surface area contributed by atoms with Crippen molar-refractivity contribution in [1.82, 2.24) is 15.1 Å². The van der Waals surface area contributed by atoms with Crippen molar-refractivity contribution in [3.8, 4) is 6.07 Å². The Kier molecular flexibility index (Phi) is 3.72. The van der Waals surface area contributed by atoms with Crippen LogP contribution in [0.4, 0.5) is 0 Å². The zero-order chi connectivity index (χ0) is 12.8. The van der Waals surface area contributed by atoms with Crippen LogP contribution in [0.2, 0.25) is 0 Å². The van der Waals surface area contributed by atoms with Gasteiger partial charge < -0.3 is 5.32 Å². The molecule has 1 unspecified atom stereocenters. The molecule has 0 radical (unpaired) electrons. The van der Waals surface area contributed by atoms with Crippen LogP contribution in [0.15, 0.2) is 48.8 Å². The minimum absolute atomic E-state index is 0.109. The van der Waals surface area contributed by atoms with Crippen molar-refractivity contribution in [2.75, 3.05) is 0 Å². The summed E-state index contributed by atoms with van der Waals surface area (Å²) < 4.78 is 1.51. The first-order chi connectivity index (χ1) is 8.79. The van der Waals surface area contributed by atoms with Crippen LogP contribution in [0.1, 0.15) is 11.6 Å². The molecule has 1 heterocycles. The summed E-state index contributed by atoms with van der Waals surface area (Å²) in [6.45, 7) is 0.109. The third kappa shape index (κ3) is 2.95. The van der Waals surface area contributed by atoms with Crippen molar-refractivity contribution in [2.24, 2.45) is 0 Å². The molecular weight excluding hydrogens is 228 g/mol. The van der Waals surface area contributed by atoms with Crippen molar-refractivity contribution >= 4 is 5.91 Å². The number of carbonyl (C=O) groups is 1. The van der Waals surface area contributed by atoms with Gasteiger partial charge in [0, 0.05) is 12.4 Å². The predicted octanol–water partition coefficient (Wildman–Crippen LogP) is 1.26. The van der Waals surface area contributed by atoms with E-state index in [-0.39, 0.29) is 12.5 Å². The Labute approximate surface area is 105 Å². The number of nitrogens with zero attached hydrogens (tertiary/aromatic N) is 3. The second-order valence-corrected chi connectivity index (χ2v) is 3.74. The fourth-order valence-electron chi connectivity index (χ4n) is 1.58. The van der Waals surface area contributed by atoms with Crippen molar-refractivity contribution in [3.63, 3.8) is 0 Å². The highest BCUT2D eigenvalue weighted by Crippen LogP contribution is 2.10. The van der Waals surface area contributed by atoms with Gasteiger partial charge >= 0.3 is 0 Å². The first-order valence-electron chi connectivity index (χ1n) is 5.51. The van der Waals surface area contributed by atoms with E-state index in [0.717, 1.165) is 5.56 Å². The quantitative estimate of drug-likeness (QED) is 0.874. The molecule has 1 amide bonds. The Balaban J connectivity index is 1.99. The number of aromatic nitrogens is 2. The van der Waals surface area contributed by atoms with Gasteiger partial charge in [-0.3, -0.25) is 9.48 Å². The SMILES string of the molecule is N#CC(NC(=O)Cn1cccn1)c1ccccc1. The number of hydrogen-bond donors (Lipinski definition) is 1. The summed E-state index contributed by atoms with van der Waals surface area (Å²) in [6, 6.07) is 12.3. The number of hydrogen-bond acceptors (Lipinski definition) is 3. The van der Waals surface area contributed by atoms with Gasteiger partial charge in [0.25, 0.3) is 0 Å². The van der Waals surface area contributed by atoms with Gasteiger partial charge in [0.1, 0.15) is 12.6 Å². The van der Waals surface area contributed by atoms with E-state index in [1.807, 2.05) is 30.3 Å². The third-order valence-electron chi connectivity index (χ3n) is 2.43. The summed E-state index contributed by atoms with van der Waals surface area (Å²) in [7, 11) is 0. The Morgan fingerprint density at radius 2 is 2.17 bits per heavy atom. The minimum Gasteiger partial charge on any atom is -0.335 e. The Bertz CT molecular complexity index is 542. The van der Waals surface area contributed by atoms with Gasteiger partial charge in [0.2, 0.25) is 5.91 Å². The molecule has 0 saturated heterocycles. The topological polar surface area (TPSA) is 70.7 Å². The molecule has 0 spiro atoms. The van der Waals surface area contributed by atoms with Crippen LogP contribution in [-0.2, 0) is 11.3 Å². The van der Waals surface area contributed by atoms with Crippen LogP contribution in [0.5, 0.6) is 0 Å². The summed E-state index contributed by atoms with van der Waals surface area (Å²) in [6.07, 6.45) is 3.30. The maximum atomic E-state index is 11.7. The van der Waals surface area contributed by atoms with Gasteiger partial charge in [0.05, 0.1) is 6.07 Å². The second-order valence-electron chi connectivity index (χ2n) is 3.74. The number of rotatable bonds is 4. The Hall–Kier alpha value is -2.61. The van der Waals surface area contributed by atoms with Crippen molar-refractivity contribution < 1.29 is 4.79 Å². The molecular formula is C13H12N4O. The molecule has 1 aromatic carbocycles. The summed E-state index contributed by atoms with van der Waals surface area (Å²) in [5, 5.41) is 15.7. The van der Waals surface area contributed by atoms with Gasteiger partial charge in [0.15, 0.2) is 0 Å². The van der Waals surface area contributed by atoms with Gasteiger partial charge in [-0.05, 0) is 11.6 Å². The van der Waals surface area contributed by atoms with Gasteiger partial charge in [-0.15, -0.1) is 0 Å². The van der Waals surface area contributed by atoms with E-state index in [1.54, 1.807) is 18.5 Å². The minimum atomic E-state index is -0.630. The molecule has 5 heteroatoms. The van der Waals surface area contributed by atoms with E-state index >= 15 is 0 Å². The summed E-state index contributed by atoms with van der Waals surface area (Å²) in [5.74, 6) is -0.242. The van der Waals surface area contributed by atoms with Crippen molar-refractivity contribution in [2.45, 2.75) is 12.6 Å². The first kappa shape index (κ1) is 11.9. The lowest BCUT2D eigenvalue weighted by molar-refractivity contribution is -0.122. The average Bonchev–Trinajstić information content (AvgIpc) is 2.90. The molecule has 1 N–H and O–H groups in total. The van der Waals surface area contributed by atoms with Crippen LogP contribution in [0.25, 0.3) is 0 Å². The molecule has 2 rings (SSSR count). The molecule has 1 aromatic heterocycles. The van der Waals surface area contributed by atoms with Crippen LogP contribution in [-0.4, -0.2) is 15.7 Å². The van der Waals surface area contributed by atoms with E-state index in [9.17, 15) is 4.79 Å². The lowest BCUT2D eigenvalue weighted by Gasteiger charge is -2.11. The first-order valence-corrected chi connectivity index (χ1v) is 5.51. The van der Waals surface area contributed by atoms with E-state index in [4.69, 9.17) is 5.26 Å². The van der Waals surface area contributed by atoms with Crippen LogP contribution < -0.4 is 5.32 Å². The molecule has 0 saturated carbocycles. The second kappa shape index (κ2) is 5.64. The molecule has 90 valence electrons. The summed E-state index contributed by atoms with van der Waals surface area (Å²) in [5.41, 5.74) is 0.772. The molecule has 0 bridgehead atoms. The van der Waals surface area contributed by atoms with E-state index in [0.29, 0.717) is 0 Å². The van der Waals surface area contributed by atoms with Gasteiger partial charge in [-0.25, -0.2) is 0 Å². The Morgan fingerprint density at radius 3 is 2.78 bits per heavy atom. The van der Waals surface area contributed by atoms with Crippen LogP contribution in [0.3, 0.4) is 0 Å². The third-order valence-corrected chi connectivity index (χ3v) is 2.43. The number of nitriles is 1. The molecule has 0 fully saturated rings. The maximum absolute atomic E-state index is 11.7. The van der Waals surface area contributed by atoms with E-state index in [2.05, 4.69) is 16.5 Å². The highest BCUT2D eigenvalue weighted by molar-refractivity contribution is 5.76. The molecule has 0 aliphatic heterocycles. The van der Waals surface area contributed by atoms with E-state index in [1.165, 1.54) is 4.68 Å². The summed E-state index contributed by atoms with van der Waals surface area (Å²) in [4.78, 5) is 11.7. The smallest absolute Gasteiger partial charge is 0.243 e.